The summed E-state index contributed by atoms with van der Waals surface area (Å²) in [6, 6.07) is 2.69. The zero-order valence-corrected chi connectivity index (χ0v) is 8.76. The fourth-order valence-electron chi connectivity index (χ4n) is 1.17. The normalized spacial score (nSPS) is 11.6. The second-order valence-corrected chi connectivity index (χ2v) is 3.37. The van der Waals surface area contributed by atoms with Crippen molar-refractivity contribution in [3.8, 4) is 12.3 Å². The topological polar surface area (TPSA) is 29.1 Å². The number of benzene rings is 1. The second-order valence-electron chi connectivity index (χ2n) is 3.37. The van der Waals surface area contributed by atoms with Gasteiger partial charge < -0.3 is 5.32 Å². The quantitative estimate of drug-likeness (QED) is 0.775. The van der Waals surface area contributed by atoms with Gasteiger partial charge in [0, 0.05) is 6.07 Å². The molecule has 0 bridgehead atoms. The molecule has 1 rings (SSSR count). The summed E-state index contributed by atoms with van der Waals surface area (Å²) in [7, 11) is 0. The van der Waals surface area contributed by atoms with Gasteiger partial charge in [0.25, 0.3) is 0 Å². The van der Waals surface area contributed by atoms with Crippen LogP contribution in [0.25, 0.3) is 0 Å². The molecule has 0 fully saturated rings. The predicted octanol–water partition coefficient (Wildman–Crippen LogP) is 1.65. The summed E-state index contributed by atoms with van der Waals surface area (Å²) in [5, 5.41) is 2.48. The van der Waals surface area contributed by atoms with E-state index in [0.717, 1.165) is 12.1 Å². The van der Waals surface area contributed by atoms with Gasteiger partial charge in [0.2, 0.25) is 5.91 Å². The van der Waals surface area contributed by atoms with Crippen LogP contribution in [-0.2, 0) is 11.2 Å². The monoisotopic (exact) mass is 223 g/mol. The summed E-state index contributed by atoms with van der Waals surface area (Å²) in [5.41, 5.74) is 0.142. The van der Waals surface area contributed by atoms with Crippen LogP contribution in [0.5, 0.6) is 0 Å². The van der Waals surface area contributed by atoms with Crippen molar-refractivity contribution in [2.24, 2.45) is 0 Å². The number of amides is 1. The number of hydrogen-bond acceptors (Lipinski definition) is 1. The van der Waals surface area contributed by atoms with Crippen LogP contribution in [0.4, 0.5) is 8.78 Å². The Morgan fingerprint density at radius 3 is 2.81 bits per heavy atom. The lowest BCUT2D eigenvalue weighted by Crippen LogP contribution is -2.32. The molecule has 16 heavy (non-hydrogen) atoms. The molecule has 0 heterocycles. The molecule has 0 aromatic heterocycles. The minimum Gasteiger partial charge on any atom is -0.342 e. The molecule has 1 aromatic rings. The van der Waals surface area contributed by atoms with Crippen molar-refractivity contribution in [1.82, 2.24) is 5.32 Å². The standard InChI is InChI=1S/C12H11F2NO/c1-3-8(2)15-12(16)6-9-4-5-10(13)7-11(9)14/h1,4-5,7-8H,6H2,2H3,(H,15,16). The number of halogens is 2. The van der Waals surface area contributed by atoms with E-state index in [1.54, 1.807) is 6.92 Å². The van der Waals surface area contributed by atoms with Gasteiger partial charge in [0.1, 0.15) is 11.6 Å². The Kier molecular flexibility index (Phi) is 4.01. The first-order valence-corrected chi connectivity index (χ1v) is 4.72. The lowest BCUT2D eigenvalue weighted by atomic mass is 10.1. The zero-order valence-electron chi connectivity index (χ0n) is 8.76. The van der Waals surface area contributed by atoms with Gasteiger partial charge in [0.05, 0.1) is 12.5 Å². The Bertz CT molecular complexity index is 437. The minimum absolute atomic E-state index is 0.142. The van der Waals surface area contributed by atoms with E-state index >= 15 is 0 Å². The minimum atomic E-state index is -0.733. The maximum absolute atomic E-state index is 13.2. The van der Waals surface area contributed by atoms with Crippen molar-refractivity contribution in [1.29, 1.82) is 0 Å². The number of carbonyl (C=O) groups is 1. The molecule has 1 aromatic carbocycles. The molecule has 0 saturated carbocycles. The lowest BCUT2D eigenvalue weighted by molar-refractivity contribution is -0.120. The van der Waals surface area contributed by atoms with Gasteiger partial charge in [-0.1, -0.05) is 12.0 Å². The van der Waals surface area contributed by atoms with Gasteiger partial charge in [-0.2, -0.15) is 0 Å². The summed E-state index contributed by atoms with van der Waals surface area (Å²) in [6.07, 6.45) is 4.92. The Morgan fingerprint density at radius 1 is 1.56 bits per heavy atom. The van der Waals surface area contributed by atoms with Gasteiger partial charge >= 0.3 is 0 Å². The van der Waals surface area contributed by atoms with E-state index in [-0.39, 0.29) is 12.0 Å². The summed E-state index contributed by atoms with van der Waals surface area (Å²) >= 11 is 0. The van der Waals surface area contributed by atoms with E-state index in [1.807, 2.05) is 0 Å². The van der Waals surface area contributed by atoms with E-state index < -0.39 is 23.6 Å². The van der Waals surface area contributed by atoms with Crippen LogP contribution in [0.15, 0.2) is 18.2 Å². The van der Waals surface area contributed by atoms with Gasteiger partial charge in [-0.05, 0) is 18.6 Å². The molecule has 1 atom stereocenters. The molecule has 0 aliphatic heterocycles. The first kappa shape index (κ1) is 12.2. The predicted molar refractivity (Wildman–Crippen MR) is 56.5 cm³/mol. The van der Waals surface area contributed by atoms with E-state index in [2.05, 4.69) is 11.2 Å². The third kappa shape index (κ3) is 3.35. The highest BCUT2D eigenvalue weighted by Crippen LogP contribution is 2.10. The molecule has 2 nitrogen and oxygen atoms in total. The third-order valence-electron chi connectivity index (χ3n) is 1.99. The van der Waals surface area contributed by atoms with Crippen LogP contribution in [-0.4, -0.2) is 11.9 Å². The molecule has 0 spiro atoms. The van der Waals surface area contributed by atoms with Crippen LogP contribution in [0, 0.1) is 24.0 Å². The van der Waals surface area contributed by atoms with Crippen LogP contribution in [0.2, 0.25) is 0 Å². The van der Waals surface area contributed by atoms with Gasteiger partial charge in [0.15, 0.2) is 0 Å². The molecule has 0 saturated heterocycles. The van der Waals surface area contributed by atoms with Gasteiger partial charge in [-0.25, -0.2) is 8.78 Å². The lowest BCUT2D eigenvalue weighted by Gasteiger charge is -2.08. The SMILES string of the molecule is C#CC(C)NC(=O)Cc1ccc(F)cc1F. The Labute approximate surface area is 92.7 Å². The summed E-state index contributed by atoms with van der Waals surface area (Å²) in [5.74, 6) is 0.526. The van der Waals surface area contributed by atoms with Crippen LogP contribution in [0.1, 0.15) is 12.5 Å². The maximum Gasteiger partial charge on any atom is 0.225 e. The number of rotatable bonds is 3. The summed E-state index contributed by atoms with van der Waals surface area (Å²) in [4.78, 5) is 11.4. The van der Waals surface area contributed by atoms with Crippen LogP contribution in [0.3, 0.4) is 0 Å². The summed E-state index contributed by atoms with van der Waals surface area (Å²) in [6.45, 7) is 1.64. The Morgan fingerprint density at radius 2 is 2.25 bits per heavy atom. The highest BCUT2D eigenvalue weighted by Gasteiger charge is 2.10. The molecular weight excluding hydrogens is 212 g/mol. The van der Waals surface area contributed by atoms with Crippen LogP contribution < -0.4 is 5.32 Å². The van der Waals surface area contributed by atoms with Crippen molar-refractivity contribution in [3.05, 3.63) is 35.4 Å². The molecule has 0 radical (unpaired) electrons. The van der Waals surface area contributed by atoms with Gasteiger partial charge in [-0.3, -0.25) is 4.79 Å². The molecule has 0 aliphatic carbocycles. The average molecular weight is 223 g/mol. The molecule has 1 N–H and O–H groups in total. The van der Waals surface area contributed by atoms with Crippen molar-refractivity contribution >= 4 is 5.91 Å². The van der Waals surface area contributed by atoms with Gasteiger partial charge in [-0.15, -0.1) is 6.42 Å². The first-order chi connectivity index (χ1) is 7.52. The van der Waals surface area contributed by atoms with Crippen molar-refractivity contribution in [3.63, 3.8) is 0 Å². The van der Waals surface area contributed by atoms with Crippen molar-refractivity contribution in [2.45, 2.75) is 19.4 Å². The number of hydrogen-bond donors (Lipinski definition) is 1. The van der Waals surface area contributed by atoms with E-state index in [0.29, 0.717) is 0 Å². The third-order valence-corrected chi connectivity index (χ3v) is 1.99. The average Bonchev–Trinajstić information content (AvgIpc) is 2.22. The Balaban J connectivity index is 2.67. The number of terminal acetylenes is 1. The largest absolute Gasteiger partial charge is 0.342 e. The van der Waals surface area contributed by atoms with Crippen LogP contribution >= 0.6 is 0 Å². The van der Waals surface area contributed by atoms with E-state index in [4.69, 9.17) is 6.42 Å². The summed E-state index contributed by atoms with van der Waals surface area (Å²) < 4.78 is 25.8. The highest BCUT2D eigenvalue weighted by molar-refractivity contribution is 5.79. The van der Waals surface area contributed by atoms with Crippen molar-refractivity contribution in [2.75, 3.05) is 0 Å². The fraction of sp³-hybridized carbons (Fsp3) is 0.250. The molecule has 84 valence electrons. The van der Waals surface area contributed by atoms with Crippen molar-refractivity contribution < 1.29 is 13.6 Å². The van der Waals surface area contributed by atoms with E-state index in [1.165, 1.54) is 6.07 Å². The Hall–Kier alpha value is -1.89. The maximum atomic E-state index is 13.2. The smallest absolute Gasteiger partial charge is 0.225 e. The number of carbonyl (C=O) groups excluding carboxylic acids is 1. The molecule has 1 amide bonds. The molecule has 0 aliphatic rings. The van der Waals surface area contributed by atoms with E-state index in [9.17, 15) is 13.6 Å². The molecular formula is C12H11F2NO. The zero-order chi connectivity index (χ0) is 12.1. The fourth-order valence-corrected chi connectivity index (χ4v) is 1.17. The molecule has 1 unspecified atom stereocenters. The first-order valence-electron chi connectivity index (χ1n) is 4.72. The second kappa shape index (κ2) is 5.26. The highest BCUT2D eigenvalue weighted by atomic mass is 19.1. The molecule has 4 heteroatoms. The number of nitrogens with one attached hydrogen (secondary N) is 1.